The van der Waals surface area contributed by atoms with E-state index >= 15 is 0 Å². The maximum atomic E-state index is 10.0. The molecular formula is C6H10N4O. The van der Waals surface area contributed by atoms with E-state index in [0.717, 1.165) is 10.8 Å². The molecule has 0 saturated carbocycles. The first-order chi connectivity index (χ1) is 5.33. The third-order valence-corrected chi connectivity index (χ3v) is 1.30. The zero-order valence-corrected chi connectivity index (χ0v) is 6.03. The van der Waals surface area contributed by atoms with Crippen molar-refractivity contribution in [3.8, 4) is 0 Å². The molecule has 0 atom stereocenters. The number of aromatic amines is 1. The number of hydrogen-bond donors (Lipinski definition) is 2. The summed E-state index contributed by atoms with van der Waals surface area (Å²) in [6, 6.07) is 0. The molecule has 0 saturated heterocycles. The van der Waals surface area contributed by atoms with Crippen molar-refractivity contribution in [2.75, 3.05) is 6.54 Å². The fraction of sp³-hybridized carbons (Fsp3) is 0.333. The van der Waals surface area contributed by atoms with Crippen LogP contribution in [0.5, 0.6) is 0 Å². The molecule has 11 heavy (non-hydrogen) atoms. The zero-order chi connectivity index (χ0) is 8.10. The van der Waals surface area contributed by atoms with Crippen molar-refractivity contribution in [2.24, 2.45) is 5.84 Å². The summed E-state index contributed by atoms with van der Waals surface area (Å²) in [5, 5.41) is 1.09. The number of rotatable bonds is 4. The molecule has 1 rings (SSSR count). The molecule has 0 aliphatic rings. The van der Waals surface area contributed by atoms with E-state index in [0.29, 0.717) is 19.4 Å². The van der Waals surface area contributed by atoms with Crippen LogP contribution in [0.15, 0.2) is 12.4 Å². The maximum Gasteiger partial charge on any atom is 0.223 e. The third-order valence-electron chi connectivity index (χ3n) is 1.30. The molecule has 1 aromatic heterocycles. The molecule has 3 N–H and O–H groups in total. The Hall–Kier alpha value is -1.36. The quantitative estimate of drug-likeness (QED) is 0.260. The van der Waals surface area contributed by atoms with Gasteiger partial charge in [0.15, 0.2) is 0 Å². The standard InChI is InChI=1S/C6H10N4O/c7-10(5-11)4-1-6-8-2-3-9-6/h2-3,5H,1,4,7H2,(H,8,9). The SMILES string of the molecule is NN(C=O)CCc1ncc[nH]1. The van der Waals surface area contributed by atoms with Crippen LogP contribution in [0.3, 0.4) is 0 Å². The van der Waals surface area contributed by atoms with Gasteiger partial charge in [0.05, 0.1) is 0 Å². The Kier molecular flexibility index (Phi) is 2.62. The van der Waals surface area contributed by atoms with Gasteiger partial charge in [0.2, 0.25) is 6.41 Å². The lowest BCUT2D eigenvalue weighted by Gasteiger charge is -2.07. The third kappa shape index (κ3) is 2.38. The number of nitrogens with zero attached hydrogens (tertiary/aromatic N) is 2. The van der Waals surface area contributed by atoms with Crippen molar-refractivity contribution in [1.82, 2.24) is 15.0 Å². The van der Waals surface area contributed by atoms with Gasteiger partial charge in [0, 0.05) is 25.4 Å². The summed E-state index contributed by atoms with van der Waals surface area (Å²) in [5.41, 5.74) is 0. The van der Waals surface area contributed by atoms with E-state index in [-0.39, 0.29) is 0 Å². The van der Waals surface area contributed by atoms with Crippen LogP contribution in [-0.4, -0.2) is 27.9 Å². The topological polar surface area (TPSA) is 75.0 Å². The zero-order valence-electron chi connectivity index (χ0n) is 6.03. The molecule has 5 nitrogen and oxygen atoms in total. The predicted molar refractivity (Wildman–Crippen MR) is 39.2 cm³/mol. The summed E-state index contributed by atoms with van der Waals surface area (Å²) >= 11 is 0. The number of nitrogens with two attached hydrogens (primary N) is 1. The molecule has 0 aliphatic heterocycles. The van der Waals surface area contributed by atoms with Crippen LogP contribution in [0, 0.1) is 0 Å². The first kappa shape index (κ1) is 7.74. The van der Waals surface area contributed by atoms with Crippen molar-refractivity contribution in [3.05, 3.63) is 18.2 Å². The molecule has 60 valence electrons. The number of aromatic nitrogens is 2. The van der Waals surface area contributed by atoms with Gasteiger partial charge in [-0.3, -0.25) is 9.80 Å². The van der Waals surface area contributed by atoms with Gasteiger partial charge in [-0.1, -0.05) is 0 Å². The van der Waals surface area contributed by atoms with Gasteiger partial charge >= 0.3 is 0 Å². The van der Waals surface area contributed by atoms with Gasteiger partial charge in [-0.2, -0.15) is 0 Å². The summed E-state index contributed by atoms with van der Waals surface area (Å²) < 4.78 is 0. The molecule has 0 spiro atoms. The number of amides is 1. The lowest BCUT2D eigenvalue weighted by molar-refractivity contribution is -0.118. The Bertz CT molecular complexity index is 208. The van der Waals surface area contributed by atoms with E-state index in [2.05, 4.69) is 9.97 Å². The minimum Gasteiger partial charge on any atom is -0.349 e. The molecule has 1 heterocycles. The summed E-state index contributed by atoms with van der Waals surface area (Å²) in [6.45, 7) is 0.483. The number of imidazole rings is 1. The second kappa shape index (κ2) is 3.72. The maximum absolute atomic E-state index is 10.0. The fourth-order valence-corrected chi connectivity index (χ4v) is 0.722. The highest BCUT2D eigenvalue weighted by molar-refractivity contribution is 5.45. The Morgan fingerprint density at radius 3 is 3.18 bits per heavy atom. The molecule has 5 heteroatoms. The lowest BCUT2D eigenvalue weighted by Crippen LogP contribution is -2.31. The Labute approximate surface area is 64.2 Å². The van der Waals surface area contributed by atoms with Crippen LogP contribution in [0.2, 0.25) is 0 Å². The van der Waals surface area contributed by atoms with Gasteiger partial charge in [0.25, 0.3) is 0 Å². The largest absolute Gasteiger partial charge is 0.349 e. The van der Waals surface area contributed by atoms with Crippen LogP contribution < -0.4 is 5.84 Å². The second-order valence-corrected chi connectivity index (χ2v) is 2.13. The summed E-state index contributed by atoms with van der Waals surface area (Å²) in [4.78, 5) is 16.9. The van der Waals surface area contributed by atoms with Crippen molar-refractivity contribution in [3.63, 3.8) is 0 Å². The van der Waals surface area contributed by atoms with Crippen molar-refractivity contribution in [1.29, 1.82) is 0 Å². The van der Waals surface area contributed by atoms with Crippen LogP contribution >= 0.6 is 0 Å². The summed E-state index contributed by atoms with van der Waals surface area (Å²) in [6.07, 6.45) is 4.64. The highest BCUT2D eigenvalue weighted by atomic mass is 16.1. The highest BCUT2D eigenvalue weighted by Crippen LogP contribution is 1.89. The van der Waals surface area contributed by atoms with Crippen LogP contribution in [0.4, 0.5) is 0 Å². The van der Waals surface area contributed by atoms with Gasteiger partial charge in [-0.25, -0.2) is 10.8 Å². The first-order valence-corrected chi connectivity index (χ1v) is 3.28. The van der Waals surface area contributed by atoms with Crippen LogP contribution in [0.1, 0.15) is 5.82 Å². The number of hydrogen-bond acceptors (Lipinski definition) is 3. The Balaban J connectivity index is 2.28. The van der Waals surface area contributed by atoms with Gasteiger partial charge in [0.1, 0.15) is 5.82 Å². The van der Waals surface area contributed by atoms with Crippen molar-refractivity contribution >= 4 is 6.41 Å². The van der Waals surface area contributed by atoms with E-state index in [1.54, 1.807) is 12.4 Å². The Morgan fingerprint density at radius 2 is 2.64 bits per heavy atom. The Morgan fingerprint density at radius 1 is 1.82 bits per heavy atom. The molecule has 1 aromatic rings. The molecule has 0 bridgehead atoms. The van der Waals surface area contributed by atoms with Gasteiger partial charge in [-0.05, 0) is 0 Å². The number of hydrazine groups is 1. The average Bonchev–Trinajstić information content (AvgIpc) is 2.52. The van der Waals surface area contributed by atoms with E-state index in [4.69, 9.17) is 5.84 Å². The molecule has 1 amide bonds. The molecular weight excluding hydrogens is 144 g/mol. The van der Waals surface area contributed by atoms with E-state index < -0.39 is 0 Å². The van der Waals surface area contributed by atoms with Crippen molar-refractivity contribution < 1.29 is 4.79 Å². The molecule has 0 fully saturated rings. The predicted octanol–water partition coefficient (Wildman–Crippen LogP) is -0.716. The van der Waals surface area contributed by atoms with E-state index in [1.807, 2.05) is 0 Å². The summed E-state index contributed by atoms with van der Waals surface area (Å²) in [7, 11) is 0. The van der Waals surface area contributed by atoms with Crippen LogP contribution in [-0.2, 0) is 11.2 Å². The van der Waals surface area contributed by atoms with Gasteiger partial charge in [-0.15, -0.1) is 0 Å². The fourth-order valence-electron chi connectivity index (χ4n) is 0.722. The number of carbonyl (C=O) groups excluding carboxylic acids is 1. The van der Waals surface area contributed by atoms with Gasteiger partial charge < -0.3 is 4.98 Å². The number of nitrogens with one attached hydrogen (secondary N) is 1. The minimum absolute atomic E-state index is 0.483. The number of carbonyl (C=O) groups is 1. The number of H-pyrrole nitrogens is 1. The normalized spacial score (nSPS) is 9.55. The smallest absolute Gasteiger partial charge is 0.223 e. The molecule has 0 aliphatic carbocycles. The molecule has 0 aromatic carbocycles. The molecule has 0 unspecified atom stereocenters. The molecule has 0 radical (unpaired) electrons. The van der Waals surface area contributed by atoms with E-state index in [9.17, 15) is 4.79 Å². The summed E-state index contributed by atoms with van der Waals surface area (Å²) in [5.74, 6) is 6.05. The minimum atomic E-state index is 0.483. The first-order valence-electron chi connectivity index (χ1n) is 3.28. The second-order valence-electron chi connectivity index (χ2n) is 2.13. The lowest BCUT2D eigenvalue weighted by atomic mass is 10.4. The highest BCUT2D eigenvalue weighted by Gasteiger charge is 1.96. The average molecular weight is 154 g/mol. The monoisotopic (exact) mass is 154 g/mol. The van der Waals surface area contributed by atoms with E-state index in [1.165, 1.54) is 0 Å². The van der Waals surface area contributed by atoms with Crippen molar-refractivity contribution in [2.45, 2.75) is 6.42 Å². The van der Waals surface area contributed by atoms with Crippen LogP contribution in [0.25, 0.3) is 0 Å².